The summed E-state index contributed by atoms with van der Waals surface area (Å²) < 4.78 is 36.7. The summed E-state index contributed by atoms with van der Waals surface area (Å²) in [5.41, 5.74) is -0.313. The molecule has 0 aromatic heterocycles. The molecule has 7 nitrogen and oxygen atoms in total. The molecule has 0 aromatic carbocycles. The van der Waals surface area contributed by atoms with Gasteiger partial charge in [-0.05, 0) is 25.7 Å². The van der Waals surface area contributed by atoms with Crippen LogP contribution in [0.5, 0.6) is 0 Å². The van der Waals surface area contributed by atoms with Crippen LogP contribution in [0.4, 0.5) is 0 Å². The minimum atomic E-state index is -3.21. The third-order valence-electron chi connectivity index (χ3n) is 5.28. The van der Waals surface area contributed by atoms with Crippen LogP contribution in [0.3, 0.4) is 0 Å². The van der Waals surface area contributed by atoms with Gasteiger partial charge in [-0.25, -0.2) is 12.7 Å². The van der Waals surface area contributed by atoms with Crippen molar-refractivity contribution in [1.29, 1.82) is 0 Å². The molecule has 3 fully saturated rings. The van der Waals surface area contributed by atoms with E-state index in [4.69, 9.17) is 9.47 Å². The number of fused-ring (bicyclic) bond motifs is 1. The second kappa shape index (κ2) is 6.66. The summed E-state index contributed by atoms with van der Waals surface area (Å²) in [5.74, 6) is 0.0325. The van der Waals surface area contributed by atoms with Gasteiger partial charge in [0, 0.05) is 38.2 Å². The minimum Gasteiger partial charge on any atom is -0.377 e. The topological polar surface area (TPSA) is 76.1 Å². The highest BCUT2D eigenvalue weighted by Gasteiger charge is 2.49. The molecular formula is C15H26N2O5S. The Morgan fingerprint density at radius 3 is 2.74 bits per heavy atom. The molecule has 2 atom stereocenters. The molecule has 0 saturated carbocycles. The molecule has 3 aliphatic heterocycles. The van der Waals surface area contributed by atoms with Crippen molar-refractivity contribution in [2.45, 2.75) is 31.8 Å². The maximum atomic E-state index is 12.1. The fourth-order valence-electron chi connectivity index (χ4n) is 3.90. The van der Waals surface area contributed by atoms with Crippen LogP contribution in [0.25, 0.3) is 0 Å². The first-order valence-electron chi connectivity index (χ1n) is 8.33. The van der Waals surface area contributed by atoms with Gasteiger partial charge in [0.15, 0.2) is 0 Å². The number of hydrogen-bond acceptors (Lipinski definition) is 5. The Bertz CT molecular complexity index is 546. The lowest BCUT2D eigenvalue weighted by Gasteiger charge is -2.42. The minimum absolute atomic E-state index is 0.0300. The number of amides is 1. The van der Waals surface area contributed by atoms with Crippen LogP contribution in [-0.2, 0) is 24.3 Å². The summed E-state index contributed by atoms with van der Waals surface area (Å²) in [6.45, 7) is 3.65. The molecule has 23 heavy (non-hydrogen) atoms. The summed E-state index contributed by atoms with van der Waals surface area (Å²) in [5, 5.41) is 0. The van der Waals surface area contributed by atoms with E-state index >= 15 is 0 Å². The van der Waals surface area contributed by atoms with E-state index in [9.17, 15) is 13.2 Å². The molecule has 1 amide bonds. The molecule has 0 N–H and O–H groups in total. The van der Waals surface area contributed by atoms with Crippen molar-refractivity contribution in [3.05, 3.63) is 0 Å². The Morgan fingerprint density at radius 2 is 2.04 bits per heavy atom. The molecule has 3 heterocycles. The standard InChI is InChI=1S/C15H26N2O5S/c1-23(19,20)17-8-4-13-15(11-17,5-9-22-13)12-21-10-14(18)16-6-2-3-7-16/h13H,2-12H2,1H3/t13-,15+/m0/s1. The molecular weight excluding hydrogens is 320 g/mol. The summed E-state index contributed by atoms with van der Waals surface area (Å²) in [7, 11) is -3.21. The molecule has 0 aromatic rings. The van der Waals surface area contributed by atoms with Crippen molar-refractivity contribution in [2.24, 2.45) is 5.41 Å². The number of nitrogens with zero attached hydrogens (tertiary/aromatic N) is 2. The second-order valence-corrected chi connectivity index (χ2v) is 8.92. The lowest BCUT2D eigenvalue weighted by molar-refractivity contribution is -0.137. The number of piperidine rings is 1. The van der Waals surface area contributed by atoms with E-state index in [0.717, 1.165) is 32.4 Å². The van der Waals surface area contributed by atoms with E-state index in [1.807, 2.05) is 4.90 Å². The van der Waals surface area contributed by atoms with Crippen molar-refractivity contribution in [3.63, 3.8) is 0 Å². The van der Waals surface area contributed by atoms with Crippen LogP contribution in [0.1, 0.15) is 25.7 Å². The molecule has 3 saturated heterocycles. The van der Waals surface area contributed by atoms with E-state index in [0.29, 0.717) is 32.7 Å². The SMILES string of the molecule is CS(=O)(=O)N1CC[C@@H]2OCC[C@]2(COCC(=O)N2CCCC2)C1. The predicted molar refractivity (Wildman–Crippen MR) is 84.5 cm³/mol. The Kier molecular flexibility index (Phi) is 4.96. The number of rotatable bonds is 5. The Morgan fingerprint density at radius 1 is 1.30 bits per heavy atom. The Balaban J connectivity index is 1.58. The Labute approximate surface area is 138 Å². The highest BCUT2D eigenvalue weighted by Crippen LogP contribution is 2.41. The number of ether oxygens (including phenoxy) is 2. The van der Waals surface area contributed by atoms with Crippen molar-refractivity contribution in [2.75, 3.05) is 52.3 Å². The van der Waals surface area contributed by atoms with Gasteiger partial charge < -0.3 is 14.4 Å². The van der Waals surface area contributed by atoms with E-state index in [2.05, 4.69) is 0 Å². The smallest absolute Gasteiger partial charge is 0.248 e. The maximum Gasteiger partial charge on any atom is 0.248 e. The molecule has 0 unspecified atom stereocenters. The summed E-state index contributed by atoms with van der Waals surface area (Å²) in [6.07, 6.45) is 4.87. The second-order valence-electron chi connectivity index (χ2n) is 6.94. The molecule has 3 rings (SSSR count). The van der Waals surface area contributed by atoms with Crippen LogP contribution in [0.2, 0.25) is 0 Å². The molecule has 0 spiro atoms. The van der Waals surface area contributed by atoms with Crippen LogP contribution in [0.15, 0.2) is 0 Å². The van der Waals surface area contributed by atoms with E-state index in [1.54, 1.807) is 0 Å². The van der Waals surface area contributed by atoms with Crippen molar-refractivity contribution in [3.8, 4) is 0 Å². The molecule has 132 valence electrons. The first kappa shape index (κ1) is 17.1. The van der Waals surface area contributed by atoms with Gasteiger partial charge in [0.2, 0.25) is 15.9 Å². The lowest BCUT2D eigenvalue weighted by atomic mass is 9.78. The number of carbonyl (C=O) groups excluding carboxylic acids is 1. The zero-order chi connectivity index (χ0) is 16.5. The van der Waals surface area contributed by atoms with Crippen LogP contribution >= 0.6 is 0 Å². The summed E-state index contributed by atoms with van der Waals surface area (Å²) in [6, 6.07) is 0. The number of likely N-dealkylation sites (tertiary alicyclic amines) is 1. The largest absolute Gasteiger partial charge is 0.377 e. The highest BCUT2D eigenvalue weighted by molar-refractivity contribution is 7.88. The quantitative estimate of drug-likeness (QED) is 0.704. The lowest BCUT2D eigenvalue weighted by Crippen LogP contribution is -2.53. The number of sulfonamides is 1. The fraction of sp³-hybridized carbons (Fsp3) is 0.933. The highest BCUT2D eigenvalue weighted by atomic mass is 32.2. The molecule has 0 radical (unpaired) electrons. The van der Waals surface area contributed by atoms with Gasteiger partial charge in [-0.15, -0.1) is 0 Å². The predicted octanol–water partition coefficient (Wildman–Crippen LogP) is 0.0660. The van der Waals surface area contributed by atoms with Crippen LogP contribution < -0.4 is 0 Å². The molecule has 3 aliphatic rings. The van der Waals surface area contributed by atoms with E-state index in [1.165, 1.54) is 10.6 Å². The first-order chi connectivity index (χ1) is 10.9. The van der Waals surface area contributed by atoms with Gasteiger partial charge in [-0.1, -0.05) is 0 Å². The van der Waals surface area contributed by atoms with Crippen molar-refractivity contribution in [1.82, 2.24) is 9.21 Å². The number of hydrogen-bond donors (Lipinski definition) is 0. The summed E-state index contributed by atoms with van der Waals surface area (Å²) >= 11 is 0. The van der Waals surface area contributed by atoms with Crippen molar-refractivity contribution >= 4 is 15.9 Å². The third-order valence-corrected chi connectivity index (χ3v) is 6.53. The van der Waals surface area contributed by atoms with Gasteiger partial charge in [0.1, 0.15) is 6.61 Å². The van der Waals surface area contributed by atoms with E-state index in [-0.39, 0.29) is 24.0 Å². The van der Waals surface area contributed by atoms with Gasteiger partial charge in [-0.2, -0.15) is 0 Å². The zero-order valence-electron chi connectivity index (χ0n) is 13.7. The molecule has 0 aliphatic carbocycles. The van der Waals surface area contributed by atoms with Gasteiger partial charge >= 0.3 is 0 Å². The molecule has 0 bridgehead atoms. The molecule has 8 heteroatoms. The fourth-order valence-corrected chi connectivity index (χ4v) is 4.83. The normalized spacial score (nSPS) is 32.2. The summed E-state index contributed by atoms with van der Waals surface area (Å²) in [4.78, 5) is 13.9. The number of carbonyl (C=O) groups is 1. The Hall–Kier alpha value is -0.700. The van der Waals surface area contributed by atoms with Crippen LogP contribution in [-0.4, -0.2) is 81.9 Å². The average molecular weight is 346 g/mol. The average Bonchev–Trinajstić information content (AvgIpc) is 3.15. The van der Waals surface area contributed by atoms with Crippen LogP contribution in [0, 0.1) is 5.41 Å². The first-order valence-corrected chi connectivity index (χ1v) is 10.2. The van der Waals surface area contributed by atoms with Gasteiger partial charge in [-0.3, -0.25) is 4.79 Å². The zero-order valence-corrected chi connectivity index (χ0v) is 14.5. The van der Waals surface area contributed by atoms with Gasteiger partial charge in [0.05, 0.1) is 19.0 Å². The monoisotopic (exact) mass is 346 g/mol. The maximum absolute atomic E-state index is 12.1. The van der Waals surface area contributed by atoms with Gasteiger partial charge in [0.25, 0.3) is 0 Å². The van der Waals surface area contributed by atoms with E-state index < -0.39 is 10.0 Å². The van der Waals surface area contributed by atoms with Crippen molar-refractivity contribution < 1.29 is 22.7 Å². The third kappa shape index (κ3) is 3.70.